The summed E-state index contributed by atoms with van der Waals surface area (Å²) in [7, 11) is 0. The Morgan fingerprint density at radius 1 is 1.30 bits per heavy atom. The molecule has 0 aliphatic carbocycles. The standard InChI is InChI=1S/C12H11Br2NO5/c13-6-3-7(12(17)18)10(8(14)4-6)15-11(16)9-5-19-1-2-20-9/h3-4,9H,1-2,5H2,(H,15,16)(H,17,18). The van der Waals surface area contributed by atoms with Gasteiger partial charge in [-0.25, -0.2) is 4.79 Å². The van der Waals surface area contributed by atoms with Gasteiger partial charge in [-0.3, -0.25) is 4.79 Å². The summed E-state index contributed by atoms with van der Waals surface area (Å²) < 4.78 is 11.5. The summed E-state index contributed by atoms with van der Waals surface area (Å²) in [6.07, 6.45) is -0.735. The molecule has 0 aromatic heterocycles. The second-order valence-electron chi connectivity index (χ2n) is 4.04. The van der Waals surface area contributed by atoms with Gasteiger partial charge in [0.05, 0.1) is 31.1 Å². The number of nitrogens with one attached hydrogen (secondary N) is 1. The van der Waals surface area contributed by atoms with Crippen molar-refractivity contribution in [1.82, 2.24) is 0 Å². The number of amides is 1. The Labute approximate surface area is 131 Å². The van der Waals surface area contributed by atoms with Gasteiger partial charge in [-0.05, 0) is 28.1 Å². The fourth-order valence-electron chi connectivity index (χ4n) is 1.71. The highest BCUT2D eigenvalue weighted by Gasteiger charge is 2.25. The van der Waals surface area contributed by atoms with E-state index in [4.69, 9.17) is 9.47 Å². The van der Waals surface area contributed by atoms with Crippen molar-refractivity contribution >= 4 is 49.4 Å². The van der Waals surface area contributed by atoms with Crippen LogP contribution >= 0.6 is 31.9 Å². The molecule has 0 saturated carbocycles. The zero-order chi connectivity index (χ0) is 14.7. The van der Waals surface area contributed by atoms with Crippen molar-refractivity contribution < 1.29 is 24.2 Å². The summed E-state index contributed by atoms with van der Waals surface area (Å²) in [5, 5.41) is 11.8. The molecule has 2 N–H and O–H groups in total. The lowest BCUT2D eigenvalue weighted by Crippen LogP contribution is -2.39. The molecule has 1 aliphatic rings. The number of aromatic carboxylic acids is 1. The lowest BCUT2D eigenvalue weighted by molar-refractivity contribution is -0.142. The summed E-state index contributed by atoms with van der Waals surface area (Å²) in [6, 6.07) is 3.07. The minimum absolute atomic E-state index is 0.0173. The number of carbonyl (C=O) groups is 2. The number of halogens is 2. The molecule has 1 atom stereocenters. The highest BCUT2D eigenvalue weighted by atomic mass is 79.9. The van der Waals surface area contributed by atoms with Gasteiger partial charge in [0.25, 0.3) is 5.91 Å². The summed E-state index contributed by atoms with van der Waals surface area (Å²) in [5.74, 6) is -1.57. The number of carboxylic acid groups (broad SMARTS) is 1. The molecule has 1 heterocycles. The smallest absolute Gasteiger partial charge is 0.337 e. The van der Waals surface area contributed by atoms with Crippen LogP contribution in [0.3, 0.4) is 0 Å². The van der Waals surface area contributed by atoms with Crippen molar-refractivity contribution in [1.29, 1.82) is 0 Å². The quantitative estimate of drug-likeness (QED) is 0.801. The van der Waals surface area contributed by atoms with Gasteiger partial charge in [-0.15, -0.1) is 0 Å². The molecule has 1 aromatic carbocycles. The Morgan fingerprint density at radius 2 is 2.05 bits per heavy atom. The van der Waals surface area contributed by atoms with Crippen LogP contribution in [0.1, 0.15) is 10.4 Å². The maximum Gasteiger partial charge on any atom is 0.337 e. The molecule has 6 nitrogen and oxygen atoms in total. The van der Waals surface area contributed by atoms with Gasteiger partial charge in [0.15, 0.2) is 6.10 Å². The summed E-state index contributed by atoms with van der Waals surface area (Å²) in [5.41, 5.74) is 0.177. The van der Waals surface area contributed by atoms with Gasteiger partial charge < -0.3 is 19.9 Å². The van der Waals surface area contributed by atoms with Gasteiger partial charge in [-0.1, -0.05) is 15.9 Å². The lowest BCUT2D eigenvalue weighted by atomic mass is 10.1. The van der Waals surface area contributed by atoms with E-state index in [2.05, 4.69) is 37.2 Å². The number of anilines is 1. The van der Waals surface area contributed by atoms with E-state index in [0.29, 0.717) is 22.2 Å². The van der Waals surface area contributed by atoms with Crippen molar-refractivity contribution in [3.8, 4) is 0 Å². The number of hydrogen-bond acceptors (Lipinski definition) is 4. The first-order valence-corrected chi connectivity index (χ1v) is 7.30. The van der Waals surface area contributed by atoms with Crippen molar-refractivity contribution in [2.45, 2.75) is 6.10 Å². The minimum Gasteiger partial charge on any atom is -0.478 e. The van der Waals surface area contributed by atoms with Gasteiger partial charge in [0, 0.05) is 8.95 Å². The van der Waals surface area contributed by atoms with Crippen LogP contribution in [-0.4, -0.2) is 42.9 Å². The summed E-state index contributed by atoms with van der Waals surface area (Å²) >= 11 is 6.45. The third-order valence-electron chi connectivity index (χ3n) is 2.64. The number of benzene rings is 1. The van der Waals surface area contributed by atoms with E-state index < -0.39 is 18.0 Å². The lowest BCUT2D eigenvalue weighted by Gasteiger charge is -2.22. The van der Waals surface area contributed by atoms with E-state index in [9.17, 15) is 14.7 Å². The van der Waals surface area contributed by atoms with E-state index in [-0.39, 0.29) is 17.9 Å². The third-order valence-corrected chi connectivity index (χ3v) is 3.73. The maximum atomic E-state index is 12.0. The average molecular weight is 409 g/mol. The third kappa shape index (κ3) is 3.57. The molecule has 0 radical (unpaired) electrons. The van der Waals surface area contributed by atoms with E-state index in [1.807, 2.05) is 0 Å². The van der Waals surface area contributed by atoms with E-state index in [1.54, 1.807) is 6.07 Å². The van der Waals surface area contributed by atoms with Gasteiger partial charge >= 0.3 is 5.97 Å². The molecule has 20 heavy (non-hydrogen) atoms. The zero-order valence-corrected chi connectivity index (χ0v) is 13.4. The predicted molar refractivity (Wildman–Crippen MR) is 78.0 cm³/mol. The van der Waals surface area contributed by atoms with Crippen LogP contribution < -0.4 is 5.32 Å². The van der Waals surface area contributed by atoms with Gasteiger partial charge in [-0.2, -0.15) is 0 Å². The minimum atomic E-state index is -1.14. The number of carbonyl (C=O) groups excluding carboxylic acids is 1. The molecule has 1 unspecified atom stereocenters. The van der Waals surface area contributed by atoms with Crippen LogP contribution in [0, 0.1) is 0 Å². The van der Waals surface area contributed by atoms with Crippen LogP contribution in [-0.2, 0) is 14.3 Å². The van der Waals surface area contributed by atoms with E-state index >= 15 is 0 Å². The van der Waals surface area contributed by atoms with Crippen LogP contribution in [0.5, 0.6) is 0 Å². The second kappa shape index (κ2) is 6.66. The van der Waals surface area contributed by atoms with Crippen LogP contribution in [0.2, 0.25) is 0 Å². The molecular weight excluding hydrogens is 398 g/mol. The Morgan fingerprint density at radius 3 is 2.65 bits per heavy atom. The van der Waals surface area contributed by atoms with Gasteiger partial charge in [0.2, 0.25) is 0 Å². The van der Waals surface area contributed by atoms with Crippen molar-refractivity contribution in [2.75, 3.05) is 25.1 Å². The molecule has 0 spiro atoms. The molecule has 1 aliphatic heterocycles. The molecule has 0 bridgehead atoms. The molecule has 1 fully saturated rings. The molecule has 1 aromatic rings. The van der Waals surface area contributed by atoms with Crippen molar-refractivity contribution in [3.05, 3.63) is 26.6 Å². The number of rotatable bonds is 3. The normalized spacial score (nSPS) is 18.6. The van der Waals surface area contributed by atoms with E-state index in [1.165, 1.54) is 6.07 Å². The number of ether oxygens (including phenoxy) is 2. The van der Waals surface area contributed by atoms with Crippen molar-refractivity contribution in [3.63, 3.8) is 0 Å². The molecule has 2 rings (SSSR count). The maximum absolute atomic E-state index is 12.0. The summed E-state index contributed by atoms with van der Waals surface area (Å²) in [6.45, 7) is 0.944. The average Bonchev–Trinajstić information content (AvgIpc) is 2.42. The first kappa shape index (κ1) is 15.4. The largest absolute Gasteiger partial charge is 0.478 e. The van der Waals surface area contributed by atoms with Gasteiger partial charge in [0.1, 0.15) is 0 Å². The number of hydrogen-bond donors (Lipinski definition) is 2. The fourth-order valence-corrected chi connectivity index (χ4v) is 3.04. The highest BCUT2D eigenvalue weighted by Crippen LogP contribution is 2.31. The molecule has 1 amide bonds. The topological polar surface area (TPSA) is 84.9 Å². The van der Waals surface area contributed by atoms with Crippen LogP contribution in [0.4, 0.5) is 5.69 Å². The summed E-state index contributed by atoms with van der Waals surface area (Å²) in [4.78, 5) is 23.3. The van der Waals surface area contributed by atoms with Crippen molar-refractivity contribution in [2.24, 2.45) is 0 Å². The van der Waals surface area contributed by atoms with Crippen LogP contribution in [0.15, 0.2) is 21.1 Å². The molecular formula is C12H11Br2NO5. The molecule has 8 heteroatoms. The van der Waals surface area contributed by atoms with E-state index in [0.717, 1.165) is 0 Å². The Balaban J connectivity index is 2.23. The fraction of sp³-hybridized carbons (Fsp3) is 0.333. The first-order valence-electron chi connectivity index (χ1n) is 5.71. The first-order chi connectivity index (χ1) is 9.49. The zero-order valence-electron chi connectivity index (χ0n) is 10.2. The molecule has 108 valence electrons. The highest BCUT2D eigenvalue weighted by molar-refractivity contribution is 9.11. The number of carboxylic acids is 1. The predicted octanol–water partition coefficient (Wildman–Crippen LogP) is 2.26. The molecule has 1 saturated heterocycles. The second-order valence-corrected chi connectivity index (χ2v) is 5.81. The monoisotopic (exact) mass is 407 g/mol. The Bertz CT molecular complexity index is 543. The van der Waals surface area contributed by atoms with Crippen LogP contribution in [0.25, 0.3) is 0 Å². The Kier molecular flexibility index (Phi) is 5.14. The Hall–Kier alpha value is -0.960. The SMILES string of the molecule is O=C(O)c1cc(Br)cc(Br)c1NC(=O)C1COCCO1.